The highest BCUT2D eigenvalue weighted by atomic mass is 79.9. The first-order valence-corrected chi connectivity index (χ1v) is 8.24. The van der Waals surface area contributed by atoms with Gasteiger partial charge in [0, 0.05) is 32.7 Å². The number of ether oxygens (including phenoxy) is 1. The number of fused-ring (bicyclic) bond motifs is 1. The van der Waals surface area contributed by atoms with E-state index in [1.807, 2.05) is 0 Å². The maximum absolute atomic E-state index is 5.97. The zero-order chi connectivity index (χ0) is 14.7. The van der Waals surface area contributed by atoms with Gasteiger partial charge in [-0.15, -0.1) is 0 Å². The number of benzene rings is 2. The summed E-state index contributed by atoms with van der Waals surface area (Å²) in [4.78, 5) is 4.84. The minimum atomic E-state index is 0.737. The van der Waals surface area contributed by atoms with Crippen LogP contribution in [0.15, 0.2) is 40.9 Å². The lowest BCUT2D eigenvalue weighted by Crippen LogP contribution is -2.45. The van der Waals surface area contributed by atoms with Gasteiger partial charge < -0.3 is 9.64 Å². The van der Waals surface area contributed by atoms with E-state index in [1.165, 1.54) is 10.8 Å². The molecule has 2 aromatic rings. The minimum Gasteiger partial charge on any atom is -0.491 e. The van der Waals surface area contributed by atoms with Gasteiger partial charge in [0.2, 0.25) is 0 Å². The zero-order valence-corrected chi connectivity index (χ0v) is 14.0. The largest absolute Gasteiger partial charge is 0.491 e. The summed E-state index contributed by atoms with van der Waals surface area (Å²) in [5.41, 5.74) is 0. The lowest BCUT2D eigenvalue weighted by molar-refractivity contribution is 0.133. The molecule has 0 radical (unpaired) electrons. The third-order valence-electron chi connectivity index (χ3n) is 4.09. The number of piperazine rings is 1. The molecule has 4 heteroatoms. The lowest BCUT2D eigenvalue weighted by atomic mass is 10.1. The van der Waals surface area contributed by atoms with E-state index in [9.17, 15) is 0 Å². The van der Waals surface area contributed by atoms with Crippen LogP contribution < -0.4 is 4.74 Å². The van der Waals surface area contributed by atoms with Gasteiger partial charge in [0.15, 0.2) is 0 Å². The monoisotopic (exact) mass is 348 g/mol. The van der Waals surface area contributed by atoms with E-state index >= 15 is 0 Å². The predicted molar refractivity (Wildman–Crippen MR) is 91.1 cm³/mol. The first-order valence-electron chi connectivity index (χ1n) is 7.45. The molecule has 1 heterocycles. The average Bonchev–Trinajstić information content (AvgIpc) is 2.52. The zero-order valence-electron chi connectivity index (χ0n) is 12.4. The standard InChI is InChI=1S/C17H21BrN2O/c1-19-8-10-20(11-9-19)12-13-21-16-7-6-14-4-2-3-5-15(14)17(16)18/h2-7H,8-13H2,1H3. The molecule has 0 bridgehead atoms. The van der Waals surface area contributed by atoms with Crippen LogP contribution in [0.5, 0.6) is 5.75 Å². The smallest absolute Gasteiger partial charge is 0.134 e. The molecule has 3 nitrogen and oxygen atoms in total. The van der Waals surface area contributed by atoms with Crippen LogP contribution in [-0.4, -0.2) is 56.2 Å². The Bertz CT molecular complexity index is 609. The number of hydrogen-bond donors (Lipinski definition) is 0. The molecule has 1 aliphatic rings. The summed E-state index contributed by atoms with van der Waals surface area (Å²) in [6, 6.07) is 12.5. The second-order valence-corrected chi connectivity index (χ2v) is 6.39. The van der Waals surface area contributed by atoms with E-state index < -0.39 is 0 Å². The molecule has 2 aromatic carbocycles. The molecule has 0 aromatic heterocycles. The summed E-state index contributed by atoms with van der Waals surface area (Å²) in [5, 5.41) is 2.44. The van der Waals surface area contributed by atoms with Crippen LogP contribution in [0, 0.1) is 0 Å². The Morgan fingerprint density at radius 3 is 2.62 bits per heavy atom. The number of rotatable bonds is 4. The van der Waals surface area contributed by atoms with Crippen LogP contribution >= 0.6 is 15.9 Å². The van der Waals surface area contributed by atoms with Crippen molar-refractivity contribution < 1.29 is 4.74 Å². The summed E-state index contributed by atoms with van der Waals surface area (Å²) in [6.07, 6.45) is 0. The molecular weight excluding hydrogens is 328 g/mol. The summed E-state index contributed by atoms with van der Waals surface area (Å²) < 4.78 is 7.03. The number of halogens is 1. The molecule has 0 unspecified atom stereocenters. The predicted octanol–water partition coefficient (Wildman–Crippen LogP) is 3.23. The van der Waals surface area contributed by atoms with Gasteiger partial charge in [0.1, 0.15) is 12.4 Å². The van der Waals surface area contributed by atoms with Gasteiger partial charge in [0.25, 0.3) is 0 Å². The van der Waals surface area contributed by atoms with Crippen LogP contribution in [0.2, 0.25) is 0 Å². The normalized spacial score (nSPS) is 17.2. The van der Waals surface area contributed by atoms with Crippen molar-refractivity contribution in [2.24, 2.45) is 0 Å². The first kappa shape index (κ1) is 14.8. The van der Waals surface area contributed by atoms with Crippen molar-refractivity contribution in [1.82, 2.24) is 9.80 Å². The summed E-state index contributed by atoms with van der Waals surface area (Å²) in [7, 11) is 2.18. The van der Waals surface area contributed by atoms with E-state index in [1.54, 1.807) is 0 Å². The van der Waals surface area contributed by atoms with E-state index in [0.717, 1.165) is 49.6 Å². The average molecular weight is 349 g/mol. The van der Waals surface area contributed by atoms with Gasteiger partial charge in [0.05, 0.1) is 4.47 Å². The fraction of sp³-hybridized carbons (Fsp3) is 0.412. The van der Waals surface area contributed by atoms with Gasteiger partial charge in [-0.05, 0) is 39.8 Å². The molecule has 21 heavy (non-hydrogen) atoms. The van der Waals surface area contributed by atoms with Crippen molar-refractivity contribution in [2.75, 3.05) is 46.4 Å². The van der Waals surface area contributed by atoms with E-state index in [4.69, 9.17) is 4.74 Å². The molecular formula is C17H21BrN2O. The molecule has 0 N–H and O–H groups in total. The molecule has 0 saturated carbocycles. The molecule has 1 fully saturated rings. The van der Waals surface area contributed by atoms with Crippen molar-refractivity contribution in [3.8, 4) is 5.75 Å². The third kappa shape index (κ3) is 3.57. The second kappa shape index (κ2) is 6.77. The Hall–Kier alpha value is -1.10. The van der Waals surface area contributed by atoms with Gasteiger partial charge in [-0.1, -0.05) is 30.3 Å². The van der Waals surface area contributed by atoms with E-state index in [0.29, 0.717) is 0 Å². The molecule has 0 atom stereocenters. The Morgan fingerprint density at radius 2 is 1.81 bits per heavy atom. The summed E-state index contributed by atoms with van der Waals surface area (Å²) in [6.45, 7) is 6.31. The SMILES string of the molecule is CN1CCN(CCOc2ccc3ccccc3c2Br)CC1. The molecule has 1 saturated heterocycles. The minimum absolute atomic E-state index is 0.737. The van der Waals surface area contributed by atoms with Crippen molar-refractivity contribution in [3.05, 3.63) is 40.9 Å². The van der Waals surface area contributed by atoms with Crippen LogP contribution in [0.4, 0.5) is 0 Å². The number of hydrogen-bond acceptors (Lipinski definition) is 3. The molecule has 0 amide bonds. The van der Waals surface area contributed by atoms with Crippen molar-refractivity contribution in [1.29, 1.82) is 0 Å². The van der Waals surface area contributed by atoms with Crippen LogP contribution in [-0.2, 0) is 0 Å². The summed E-state index contributed by atoms with van der Waals surface area (Å²) >= 11 is 3.67. The molecule has 112 valence electrons. The van der Waals surface area contributed by atoms with Crippen LogP contribution in [0.1, 0.15) is 0 Å². The molecule has 0 aliphatic carbocycles. The summed E-state index contributed by atoms with van der Waals surface area (Å²) in [5.74, 6) is 0.933. The maximum atomic E-state index is 5.97. The highest BCUT2D eigenvalue weighted by molar-refractivity contribution is 9.10. The van der Waals surface area contributed by atoms with Crippen molar-refractivity contribution in [2.45, 2.75) is 0 Å². The van der Waals surface area contributed by atoms with Crippen LogP contribution in [0.25, 0.3) is 10.8 Å². The van der Waals surface area contributed by atoms with Gasteiger partial charge in [-0.2, -0.15) is 0 Å². The third-order valence-corrected chi connectivity index (χ3v) is 4.91. The van der Waals surface area contributed by atoms with E-state index in [-0.39, 0.29) is 0 Å². The van der Waals surface area contributed by atoms with Crippen molar-refractivity contribution in [3.63, 3.8) is 0 Å². The Kier molecular flexibility index (Phi) is 4.78. The van der Waals surface area contributed by atoms with Gasteiger partial charge >= 0.3 is 0 Å². The number of nitrogens with zero attached hydrogens (tertiary/aromatic N) is 2. The van der Waals surface area contributed by atoms with Gasteiger partial charge in [-0.25, -0.2) is 0 Å². The van der Waals surface area contributed by atoms with E-state index in [2.05, 4.69) is 69.2 Å². The van der Waals surface area contributed by atoms with Crippen molar-refractivity contribution >= 4 is 26.7 Å². The fourth-order valence-electron chi connectivity index (χ4n) is 2.68. The Balaban J connectivity index is 1.59. The lowest BCUT2D eigenvalue weighted by Gasteiger charge is -2.32. The topological polar surface area (TPSA) is 15.7 Å². The maximum Gasteiger partial charge on any atom is 0.134 e. The quantitative estimate of drug-likeness (QED) is 0.843. The number of likely N-dealkylation sites (N-methyl/N-ethyl adjacent to an activating group) is 1. The van der Waals surface area contributed by atoms with Crippen LogP contribution in [0.3, 0.4) is 0 Å². The molecule has 3 rings (SSSR count). The first-order chi connectivity index (χ1) is 10.2. The highest BCUT2D eigenvalue weighted by Gasteiger charge is 2.13. The second-order valence-electron chi connectivity index (χ2n) is 5.59. The van der Waals surface area contributed by atoms with Gasteiger partial charge in [-0.3, -0.25) is 4.90 Å². The molecule has 0 spiro atoms. The Labute approximate surface area is 134 Å². The molecule has 1 aliphatic heterocycles. The highest BCUT2D eigenvalue weighted by Crippen LogP contribution is 2.32. The Morgan fingerprint density at radius 1 is 1.05 bits per heavy atom. The fourth-order valence-corrected chi connectivity index (χ4v) is 3.29.